The number of likely N-dealkylation sites (N-methyl/N-ethyl adjacent to an activating group) is 1. The number of ether oxygens (including phenoxy) is 1. The Morgan fingerprint density at radius 3 is 2.63 bits per heavy atom. The van der Waals surface area contributed by atoms with E-state index in [0.717, 1.165) is 24.8 Å². The second-order valence-electron chi connectivity index (χ2n) is 10.6. The molecule has 6 heteroatoms. The summed E-state index contributed by atoms with van der Waals surface area (Å²) in [7, 11) is 3.87. The minimum Gasteiger partial charge on any atom is -0.461 e. The summed E-state index contributed by atoms with van der Waals surface area (Å²) in [6, 6.07) is 0. The first-order chi connectivity index (χ1) is 14.0. The van der Waals surface area contributed by atoms with Crippen molar-refractivity contribution in [2.45, 2.75) is 59.0 Å². The Hall–Kier alpha value is -1.24. The van der Waals surface area contributed by atoms with Gasteiger partial charge in [-0.25, -0.2) is 4.79 Å². The van der Waals surface area contributed by atoms with Gasteiger partial charge in [0.2, 0.25) is 0 Å². The van der Waals surface area contributed by atoms with Crippen LogP contribution in [0.4, 0.5) is 0 Å². The van der Waals surface area contributed by atoms with Crippen LogP contribution in [0.2, 0.25) is 0 Å². The van der Waals surface area contributed by atoms with E-state index in [1.165, 1.54) is 0 Å². The van der Waals surface area contributed by atoms with Crippen molar-refractivity contribution < 1.29 is 24.5 Å². The standard InChI is InChI=1S/C24H39NO5/c1-15-16(12-21(29)30-11-10-25(4)5)6-7-17-22(15)18(27)13-19-23(17,2)9-8-20(28)24(19,3)14-26/h12,15,17,19-20,22,26,28H,6-11,13-14H2,1-5H3/b16-12+/t15-,17-,19+,20-,22+,23+,24+/m0/s1. The van der Waals surface area contributed by atoms with Gasteiger partial charge >= 0.3 is 5.97 Å². The number of hydrogen-bond donors (Lipinski definition) is 2. The van der Waals surface area contributed by atoms with Gasteiger partial charge in [-0.2, -0.15) is 0 Å². The molecule has 0 aromatic heterocycles. The SMILES string of the molecule is C[C@H]1/C(=C/C(=O)OCCN(C)C)CC[C@H]2[C@@H]1C(=O)C[C@@H]1[C@]2(C)CC[C@H](O)[C@]1(C)CO. The molecule has 3 saturated carbocycles. The normalized spacial score (nSPS) is 42.7. The highest BCUT2D eigenvalue weighted by Crippen LogP contribution is 2.64. The van der Waals surface area contributed by atoms with Gasteiger partial charge in [0.15, 0.2) is 0 Å². The van der Waals surface area contributed by atoms with Gasteiger partial charge in [0.1, 0.15) is 12.4 Å². The quantitative estimate of drug-likeness (QED) is 0.524. The molecule has 30 heavy (non-hydrogen) atoms. The number of hydrogen-bond acceptors (Lipinski definition) is 6. The molecule has 170 valence electrons. The molecule has 0 heterocycles. The molecule has 3 aliphatic rings. The van der Waals surface area contributed by atoms with E-state index in [1.807, 2.05) is 25.9 Å². The van der Waals surface area contributed by atoms with Crippen LogP contribution in [0.1, 0.15) is 52.9 Å². The highest BCUT2D eigenvalue weighted by atomic mass is 16.5. The summed E-state index contributed by atoms with van der Waals surface area (Å²) in [6.45, 7) is 7.21. The van der Waals surface area contributed by atoms with Crippen molar-refractivity contribution in [1.82, 2.24) is 4.90 Å². The zero-order valence-electron chi connectivity index (χ0n) is 19.2. The van der Waals surface area contributed by atoms with Crippen molar-refractivity contribution in [2.24, 2.45) is 34.5 Å². The average molecular weight is 422 g/mol. The van der Waals surface area contributed by atoms with E-state index in [4.69, 9.17) is 4.74 Å². The Morgan fingerprint density at radius 1 is 1.30 bits per heavy atom. The van der Waals surface area contributed by atoms with Crippen molar-refractivity contribution in [3.63, 3.8) is 0 Å². The molecule has 7 atom stereocenters. The number of aliphatic hydroxyl groups is 2. The van der Waals surface area contributed by atoms with Crippen molar-refractivity contribution in [3.8, 4) is 0 Å². The van der Waals surface area contributed by atoms with Gasteiger partial charge < -0.3 is 19.8 Å². The van der Waals surface area contributed by atoms with E-state index in [2.05, 4.69) is 13.8 Å². The summed E-state index contributed by atoms with van der Waals surface area (Å²) in [6.07, 6.45) is 4.63. The molecule has 3 aliphatic carbocycles. The van der Waals surface area contributed by atoms with Gasteiger partial charge in [-0.3, -0.25) is 4.79 Å². The number of rotatable bonds is 5. The Kier molecular flexibility index (Phi) is 6.80. The van der Waals surface area contributed by atoms with Gasteiger partial charge in [-0.1, -0.05) is 26.3 Å². The Morgan fingerprint density at radius 2 is 2.00 bits per heavy atom. The first kappa shape index (κ1) is 23.4. The third kappa shape index (κ3) is 3.98. The number of ketones is 1. The number of allylic oxidation sites excluding steroid dienone is 1. The van der Waals surface area contributed by atoms with Crippen LogP contribution in [-0.4, -0.2) is 66.8 Å². The molecule has 3 rings (SSSR count). The van der Waals surface area contributed by atoms with Crippen molar-refractivity contribution in [2.75, 3.05) is 33.9 Å². The minimum atomic E-state index is -0.636. The molecule has 3 fully saturated rings. The van der Waals surface area contributed by atoms with Crippen LogP contribution in [0, 0.1) is 34.5 Å². The van der Waals surface area contributed by atoms with E-state index in [0.29, 0.717) is 26.0 Å². The number of carbonyl (C=O) groups is 2. The lowest BCUT2D eigenvalue weighted by molar-refractivity contribution is -0.184. The number of nitrogens with zero attached hydrogens (tertiary/aromatic N) is 1. The van der Waals surface area contributed by atoms with Gasteiger partial charge in [-0.05, 0) is 62.9 Å². The Labute approximate surface area is 180 Å². The molecule has 0 amide bonds. The second-order valence-corrected chi connectivity index (χ2v) is 10.6. The Bertz CT molecular complexity index is 704. The predicted octanol–water partition coefficient (Wildman–Crippen LogP) is 2.43. The van der Waals surface area contributed by atoms with Crippen LogP contribution < -0.4 is 0 Å². The molecule has 0 spiro atoms. The molecule has 0 aromatic carbocycles. The van der Waals surface area contributed by atoms with Crippen LogP contribution in [0.3, 0.4) is 0 Å². The maximum atomic E-state index is 13.3. The van der Waals surface area contributed by atoms with Crippen LogP contribution >= 0.6 is 0 Å². The lowest BCUT2D eigenvalue weighted by Crippen LogP contribution is -2.62. The van der Waals surface area contributed by atoms with Crippen LogP contribution in [-0.2, 0) is 14.3 Å². The molecule has 0 aromatic rings. The molecule has 0 radical (unpaired) electrons. The topological polar surface area (TPSA) is 87.1 Å². The highest BCUT2D eigenvalue weighted by Gasteiger charge is 2.62. The first-order valence-corrected chi connectivity index (χ1v) is 11.4. The van der Waals surface area contributed by atoms with Crippen LogP contribution in [0.15, 0.2) is 11.6 Å². The van der Waals surface area contributed by atoms with E-state index in [1.54, 1.807) is 6.08 Å². The van der Waals surface area contributed by atoms with Crippen LogP contribution in [0.25, 0.3) is 0 Å². The van der Waals surface area contributed by atoms with Crippen molar-refractivity contribution >= 4 is 11.8 Å². The second kappa shape index (κ2) is 8.71. The summed E-state index contributed by atoms with van der Waals surface area (Å²) in [5.74, 6) is 0.0235. The van der Waals surface area contributed by atoms with Crippen molar-refractivity contribution in [1.29, 1.82) is 0 Å². The zero-order chi connectivity index (χ0) is 22.3. The third-order valence-electron chi connectivity index (χ3n) is 8.66. The molecule has 6 nitrogen and oxygen atoms in total. The van der Waals surface area contributed by atoms with E-state index >= 15 is 0 Å². The summed E-state index contributed by atoms with van der Waals surface area (Å²) in [5.41, 5.74) is 0.298. The number of fused-ring (bicyclic) bond motifs is 3. The summed E-state index contributed by atoms with van der Waals surface area (Å²) >= 11 is 0. The number of esters is 1. The number of carbonyl (C=O) groups excluding carboxylic acids is 2. The zero-order valence-corrected chi connectivity index (χ0v) is 19.2. The summed E-state index contributed by atoms with van der Waals surface area (Å²) in [5, 5.41) is 20.7. The van der Waals surface area contributed by atoms with Gasteiger partial charge in [0, 0.05) is 30.4 Å². The lowest BCUT2D eigenvalue weighted by Gasteiger charge is -2.62. The maximum absolute atomic E-state index is 13.3. The molecule has 0 bridgehead atoms. The molecular weight excluding hydrogens is 382 g/mol. The van der Waals surface area contributed by atoms with Gasteiger partial charge in [0.25, 0.3) is 0 Å². The average Bonchev–Trinajstić information content (AvgIpc) is 2.68. The first-order valence-electron chi connectivity index (χ1n) is 11.4. The van der Waals surface area contributed by atoms with Gasteiger partial charge in [0.05, 0.1) is 12.7 Å². The number of Topliss-reactive ketones (excluding diaryl/α,β-unsaturated/α-hetero) is 1. The fourth-order valence-electron chi connectivity index (χ4n) is 6.68. The summed E-state index contributed by atoms with van der Waals surface area (Å²) in [4.78, 5) is 27.6. The molecule has 2 N–H and O–H groups in total. The fraction of sp³-hybridized carbons (Fsp3) is 0.833. The van der Waals surface area contributed by atoms with E-state index in [-0.39, 0.29) is 47.4 Å². The molecular formula is C24H39NO5. The minimum absolute atomic E-state index is 0.0128. The summed E-state index contributed by atoms with van der Waals surface area (Å²) < 4.78 is 5.33. The lowest BCUT2D eigenvalue weighted by atomic mass is 9.42. The monoisotopic (exact) mass is 421 g/mol. The maximum Gasteiger partial charge on any atom is 0.330 e. The molecule has 0 unspecified atom stereocenters. The third-order valence-corrected chi connectivity index (χ3v) is 8.66. The largest absolute Gasteiger partial charge is 0.461 e. The van der Waals surface area contributed by atoms with E-state index in [9.17, 15) is 19.8 Å². The fourth-order valence-corrected chi connectivity index (χ4v) is 6.68. The predicted molar refractivity (Wildman–Crippen MR) is 115 cm³/mol. The van der Waals surface area contributed by atoms with Crippen molar-refractivity contribution in [3.05, 3.63) is 11.6 Å². The molecule has 0 aliphatic heterocycles. The molecule has 0 saturated heterocycles. The smallest absolute Gasteiger partial charge is 0.330 e. The van der Waals surface area contributed by atoms with E-state index < -0.39 is 11.5 Å². The Balaban J connectivity index is 1.80. The van der Waals surface area contributed by atoms with Gasteiger partial charge in [-0.15, -0.1) is 0 Å². The van der Waals surface area contributed by atoms with Crippen LogP contribution in [0.5, 0.6) is 0 Å². The highest BCUT2D eigenvalue weighted by molar-refractivity contribution is 5.86. The number of aliphatic hydroxyl groups excluding tert-OH is 2.